The molecule has 0 fully saturated rings. The van der Waals surface area contributed by atoms with Gasteiger partial charge >= 0.3 is 0 Å². The summed E-state index contributed by atoms with van der Waals surface area (Å²) < 4.78 is 14.4. The van der Waals surface area contributed by atoms with E-state index in [0.29, 0.717) is 12.1 Å². The van der Waals surface area contributed by atoms with Crippen LogP contribution < -0.4 is 5.32 Å². The summed E-state index contributed by atoms with van der Waals surface area (Å²) in [6.45, 7) is 4.58. The maximum atomic E-state index is 13.1. The van der Waals surface area contributed by atoms with Gasteiger partial charge in [-0.15, -0.1) is 0 Å². The van der Waals surface area contributed by atoms with Crippen molar-refractivity contribution < 1.29 is 4.39 Å². The summed E-state index contributed by atoms with van der Waals surface area (Å²) in [5.41, 5.74) is 4.12. The first-order valence-corrected chi connectivity index (χ1v) is 6.89. The molecule has 0 heterocycles. The summed E-state index contributed by atoms with van der Waals surface area (Å²) in [6, 6.07) is 11.5. The molecule has 2 aromatic carbocycles. The van der Waals surface area contributed by atoms with Gasteiger partial charge in [-0.3, -0.25) is 0 Å². The van der Waals surface area contributed by atoms with Crippen LogP contribution in [-0.4, -0.2) is 0 Å². The molecule has 0 saturated carbocycles. The third kappa shape index (κ3) is 3.22. The van der Waals surface area contributed by atoms with Gasteiger partial charge in [0.25, 0.3) is 0 Å². The van der Waals surface area contributed by atoms with E-state index in [1.165, 1.54) is 15.2 Å². The predicted molar refractivity (Wildman–Crippen MR) is 82.4 cm³/mol. The molecule has 0 aliphatic rings. The fraction of sp³-hybridized carbons (Fsp3) is 0.200. The predicted octanol–water partition coefficient (Wildman–Crippen LogP) is 4.66. The second-order valence-electron chi connectivity index (χ2n) is 4.40. The van der Waals surface area contributed by atoms with Crippen molar-refractivity contribution in [2.24, 2.45) is 0 Å². The minimum atomic E-state index is -0.149. The third-order valence-electron chi connectivity index (χ3n) is 2.89. The molecule has 0 aliphatic carbocycles. The highest BCUT2D eigenvalue weighted by atomic mass is 127. The first-order chi connectivity index (χ1) is 8.56. The van der Waals surface area contributed by atoms with Crippen LogP contribution >= 0.6 is 22.6 Å². The highest BCUT2D eigenvalue weighted by molar-refractivity contribution is 14.1. The topological polar surface area (TPSA) is 12.0 Å². The summed E-state index contributed by atoms with van der Waals surface area (Å²) in [7, 11) is 0. The van der Waals surface area contributed by atoms with Crippen LogP contribution in [0.3, 0.4) is 0 Å². The Morgan fingerprint density at radius 2 is 1.83 bits per heavy atom. The fourth-order valence-corrected chi connectivity index (χ4v) is 2.49. The van der Waals surface area contributed by atoms with Gasteiger partial charge < -0.3 is 5.32 Å². The van der Waals surface area contributed by atoms with Crippen LogP contribution in [0.1, 0.15) is 16.7 Å². The van der Waals surface area contributed by atoms with E-state index in [1.807, 2.05) is 12.1 Å². The van der Waals surface area contributed by atoms with Gasteiger partial charge in [-0.1, -0.05) is 12.1 Å². The van der Waals surface area contributed by atoms with Gasteiger partial charge in [0.05, 0.1) is 0 Å². The zero-order valence-electron chi connectivity index (χ0n) is 10.4. The van der Waals surface area contributed by atoms with Crippen molar-refractivity contribution in [3.63, 3.8) is 0 Å². The summed E-state index contributed by atoms with van der Waals surface area (Å²) in [4.78, 5) is 0. The Labute approximate surface area is 121 Å². The third-order valence-corrected chi connectivity index (χ3v) is 3.56. The highest BCUT2D eigenvalue weighted by Crippen LogP contribution is 2.19. The van der Waals surface area contributed by atoms with E-state index in [1.54, 1.807) is 6.92 Å². The molecule has 0 unspecified atom stereocenters. The normalized spacial score (nSPS) is 10.4. The van der Waals surface area contributed by atoms with Gasteiger partial charge in [-0.05, 0) is 77.4 Å². The highest BCUT2D eigenvalue weighted by Gasteiger charge is 2.01. The number of hydrogen-bond donors (Lipinski definition) is 1. The molecule has 94 valence electrons. The van der Waals surface area contributed by atoms with Crippen LogP contribution in [0.5, 0.6) is 0 Å². The maximum Gasteiger partial charge on any atom is 0.126 e. The van der Waals surface area contributed by atoms with E-state index in [4.69, 9.17) is 0 Å². The van der Waals surface area contributed by atoms with Gasteiger partial charge in [-0.25, -0.2) is 4.39 Å². The van der Waals surface area contributed by atoms with Crippen molar-refractivity contribution in [1.82, 2.24) is 0 Å². The van der Waals surface area contributed by atoms with E-state index in [9.17, 15) is 4.39 Å². The number of nitrogens with one attached hydrogen (secondary N) is 1. The minimum Gasteiger partial charge on any atom is -0.381 e. The molecular formula is C15H15FIN. The first-order valence-electron chi connectivity index (χ1n) is 5.81. The van der Waals surface area contributed by atoms with E-state index in [0.717, 1.165) is 11.3 Å². The van der Waals surface area contributed by atoms with Gasteiger partial charge in [0.2, 0.25) is 0 Å². The molecule has 3 heteroatoms. The number of benzene rings is 2. The lowest BCUT2D eigenvalue weighted by Gasteiger charge is -2.10. The summed E-state index contributed by atoms with van der Waals surface area (Å²) in [6.07, 6.45) is 0. The maximum absolute atomic E-state index is 13.1. The van der Waals surface area contributed by atoms with Crippen molar-refractivity contribution in [2.75, 3.05) is 5.32 Å². The quantitative estimate of drug-likeness (QED) is 0.790. The van der Waals surface area contributed by atoms with Gasteiger partial charge in [-0.2, -0.15) is 0 Å². The van der Waals surface area contributed by atoms with Gasteiger partial charge in [0.1, 0.15) is 5.82 Å². The molecule has 1 nitrogen and oxygen atoms in total. The summed E-state index contributed by atoms with van der Waals surface area (Å²) in [5, 5.41) is 3.38. The average Bonchev–Trinajstić information content (AvgIpc) is 2.32. The molecule has 0 spiro atoms. The Balaban J connectivity index is 2.09. The molecule has 2 rings (SSSR count). The molecule has 2 aromatic rings. The lowest BCUT2D eigenvalue weighted by atomic mass is 10.1. The first kappa shape index (κ1) is 13.3. The van der Waals surface area contributed by atoms with Crippen molar-refractivity contribution >= 4 is 28.3 Å². The van der Waals surface area contributed by atoms with Crippen LogP contribution in [0.15, 0.2) is 36.4 Å². The monoisotopic (exact) mass is 355 g/mol. The van der Waals surface area contributed by atoms with Crippen LogP contribution in [0.4, 0.5) is 10.1 Å². The van der Waals surface area contributed by atoms with E-state index >= 15 is 0 Å². The van der Waals surface area contributed by atoms with Crippen molar-refractivity contribution in [3.8, 4) is 0 Å². The summed E-state index contributed by atoms with van der Waals surface area (Å²) in [5.74, 6) is -0.149. The molecule has 0 aliphatic heterocycles. The number of anilines is 1. The minimum absolute atomic E-state index is 0.149. The molecule has 18 heavy (non-hydrogen) atoms. The van der Waals surface area contributed by atoms with Gasteiger partial charge in [0.15, 0.2) is 0 Å². The Bertz CT molecular complexity index is 566. The molecule has 0 bridgehead atoms. The van der Waals surface area contributed by atoms with Crippen molar-refractivity contribution in [2.45, 2.75) is 20.4 Å². The lowest BCUT2D eigenvalue weighted by molar-refractivity contribution is 0.617. The molecular weight excluding hydrogens is 340 g/mol. The fourth-order valence-electron chi connectivity index (χ4n) is 1.84. The SMILES string of the molecule is Cc1cc(CNc2ccc(I)cc2C)ccc1F. The second kappa shape index (κ2) is 5.69. The molecule has 1 N–H and O–H groups in total. The number of rotatable bonds is 3. The standard InChI is InChI=1S/C15H15FIN/c1-10-7-12(3-5-14(10)16)9-18-15-6-4-13(17)8-11(15)2/h3-8,18H,9H2,1-2H3. The molecule has 0 saturated heterocycles. The average molecular weight is 355 g/mol. The Morgan fingerprint density at radius 3 is 2.50 bits per heavy atom. The van der Waals surface area contributed by atoms with E-state index in [-0.39, 0.29) is 5.82 Å². The lowest BCUT2D eigenvalue weighted by Crippen LogP contribution is -2.01. The van der Waals surface area contributed by atoms with Crippen LogP contribution in [0, 0.1) is 23.2 Å². The Hall–Kier alpha value is -1.10. The van der Waals surface area contributed by atoms with Crippen LogP contribution in [0.25, 0.3) is 0 Å². The Morgan fingerprint density at radius 1 is 1.06 bits per heavy atom. The zero-order chi connectivity index (χ0) is 13.1. The molecule has 0 atom stereocenters. The Kier molecular flexibility index (Phi) is 4.22. The largest absolute Gasteiger partial charge is 0.381 e. The van der Waals surface area contributed by atoms with Crippen molar-refractivity contribution in [3.05, 3.63) is 62.5 Å². The smallest absolute Gasteiger partial charge is 0.126 e. The van der Waals surface area contributed by atoms with Crippen LogP contribution in [0.2, 0.25) is 0 Å². The van der Waals surface area contributed by atoms with E-state index in [2.05, 4.69) is 53.0 Å². The van der Waals surface area contributed by atoms with E-state index < -0.39 is 0 Å². The van der Waals surface area contributed by atoms with Crippen LogP contribution in [-0.2, 0) is 6.54 Å². The zero-order valence-corrected chi connectivity index (χ0v) is 12.6. The molecule has 0 radical (unpaired) electrons. The van der Waals surface area contributed by atoms with Gasteiger partial charge in [0, 0.05) is 15.8 Å². The molecule has 0 aromatic heterocycles. The van der Waals surface area contributed by atoms with Crippen molar-refractivity contribution in [1.29, 1.82) is 0 Å². The number of aryl methyl sites for hydroxylation is 2. The summed E-state index contributed by atoms with van der Waals surface area (Å²) >= 11 is 2.30. The number of hydrogen-bond acceptors (Lipinski definition) is 1. The number of halogens is 2. The second-order valence-corrected chi connectivity index (χ2v) is 5.64. The molecule has 0 amide bonds.